The molecule has 0 bridgehead atoms. The summed E-state index contributed by atoms with van der Waals surface area (Å²) in [7, 11) is 0. The minimum Gasteiger partial charge on any atom is -0.292 e. The molecule has 2 amide bonds. The minimum atomic E-state index is -0.796. The molecule has 0 spiro atoms. The second-order valence-corrected chi connectivity index (χ2v) is 8.68. The zero-order chi connectivity index (χ0) is 21.2. The van der Waals surface area contributed by atoms with E-state index in [0.29, 0.717) is 12.1 Å². The van der Waals surface area contributed by atoms with Crippen molar-refractivity contribution >= 4 is 46.5 Å². The number of Topliss-reactive ketones (excluding diaryl/α,β-unsaturated/α-hetero) is 1. The first-order valence-electron chi connectivity index (χ1n) is 9.77. The zero-order valence-electron chi connectivity index (χ0n) is 15.7. The van der Waals surface area contributed by atoms with Crippen molar-refractivity contribution < 1.29 is 18.8 Å². The summed E-state index contributed by atoms with van der Waals surface area (Å²) < 4.78 is 13.3. The molecule has 5 nitrogen and oxygen atoms in total. The van der Waals surface area contributed by atoms with Crippen LogP contribution in [0.25, 0.3) is 0 Å². The van der Waals surface area contributed by atoms with Crippen LogP contribution >= 0.6 is 23.2 Å². The monoisotopic (exact) mass is 446 g/mol. The van der Waals surface area contributed by atoms with Gasteiger partial charge in [-0.1, -0.05) is 29.3 Å². The van der Waals surface area contributed by atoms with E-state index in [1.807, 2.05) is 4.90 Å². The lowest BCUT2D eigenvalue weighted by Crippen LogP contribution is -2.46. The number of carbonyl (C=O) groups excluding carboxylic acids is 3. The number of rotatable bonds is 3. The number of fused-ring (bicyclic) bond motifs is 3. The van der Waals surface area contributed by atoms with Crippen LogP contribution in [0, 0.1) is 17.7 Å². The Balaban J connectivity index is 1.57. The van der Waals surface area contributed by atoms with Gasteiger partial charge in [0.15, 0.2) is 5.78 Å². The van der Waals surface area contributed by atoms with Crippen LogP contribution in [0.15, 0.2) is 42.5 Å². The highest BCUT2D eigenvalue weighted by atomic mass is 35.5. The average molecular weight is 447 g/mol. The molecule has 30 heavy (non-hydrogen) atoms. The molecule has 3 saturated heterocycles. The molecule has 0 aliphatic carbocycles. The van der Waals surface area contributed by atoms with E-state index in [2.05, 4.69) is 0 Å². The average Bonchev–Trinajstić information content (AvgIpc) is 3.37. The quantitative estimate of drug-likeness (QED) is 0.528. The Labute approximate surface area is 182 Å². The van der Waals surface area contributed by atoms with Gasteiger partial charge in [-0.25, -0.2) is 9.29 Å². The van der Waals surface area contributed by atoms with Crippen molar-refractivity contribution in [3.05, 3.63) is 63.9 Å². The summed E-state index contributed by atoms with van der Waals surface area (Å²) in [6.45, 7) is 0.647. The van der Waals surface area contributed by atoms with Crippen LogP contribution < -0.4 is 4.90 Å². The summed E-state index contributed by atoms with van der Waals surface area (Å²) in [4.78, 5) is 43.3. The first kappa shape index (κ1) is 19.7. The van der Waals surface area contributed by atoms with Gasteiger partial charge in [0.2, 0.25) is 11.8 Å². The van der Waals surface area contributed by atoms with Crippen LogP contribution in [0.2, 0.25) is 10.0 Å². The Morgan fingerprint density at radius 1 is 1.00 bits per heavy atom. The summed E-state index contributed by atoms with van der Waals surface area (Å²) in [5, 5.41) is 0.374. The third kappa shape index (κ3) is 2.74. The molecule has 3 aliphatic heterocycles. The number of imide groups is 1. The highest BCUT2D eigenvalue weighted by Crippen LogP contribution is 2.49. The Kier molecular flexibility index (Phi) is 4.69. The van der Waals surface area contributed by atoms with E-state index in [9.17, 15) is 18.8 Å². The van der Waals surface area contributed by atoms with Gasteiger partial charge in [-0.05, 0) is 55.8 Å². The van der Waals surface area contributed by atoms with Gasteiger partial charge in [0.1, 0.15) is 5.82 Å². The normalized spacial score (nSPS) is 28.2. The standard InChI is InChI=1S/C22H17Cl2FN2O3/c23-13-3-1-4-15(18(13)24)27-21(29)16-14-5-2-10-26(14)19(17(16)22(27)30)20(28)11-6-8-12(25)9-7-11/h1,3-4,6-9,14,16-17,19H,2,5,10H2/t14-,16-,17-,19+/m1/s1. The lowest BCUT2D eigenvalue weighted by molar-refractivity contribution is -0.123. The molecule has 3 heterocycles. The molecule has 0 aromatic heterocycles. The van der Waals surface area contributed by atoms with Crippen molar-refractivity contribution in [1.29, 1.82) is 0 Å². The van der Waals surface area contributed by atoms with E-state index in [-0.39, 0.29) is 33.5 Å². The Morgan fingerprint density at radius 3 is 2.43 bits per heavy atom. The van der Waals surface area contributed by atoms with Gasteiger partial charge < -0.3 is 0 Å². The van der Waals surface area contributed by atoms with Crippen LogP contribution in [0.5, 0.6) is 0 Å². The fourth-order valence-electron chi connectivity index (χ4n) is 5.20. The molecule has 0 unspecified atom stereocenters. The maximum absolute atomic E-state index is 13.5. The number of hydrogen-bond donors (Lipinski definition) is 0. The lowest BCUT2D eigenvalue weighted by atomic mass is 9.85. The molecule has 2 aromatic carbocycles. The van der Waals surface area contributed by atoms with Crippen molar-refractivity contribution in [2.24, 2.45) is 11.8 Å². The van der Waals surface area contributed by atoms with Gasteiger partial charge in [-0.2, -0.15) is 0 Å². The summed E-state index contributed by atoms with van der Waals surface area (Å²) in [5.41, 5.74) is 0.568. The predicted molar refractivity (Wildman–Crippen MR) is 110 cm³/mol. The van der Waals surface area contributed by atoms with Gasteiger partial charge in [-0.15, -0.1) is 0 Å². The number of carbonyl (C=O) groups is 3. The maximum atomic E-state index is 13.5. The molecular weight excluding hydrogens is 430 g/mol. The zero-order valence-corrected chi connectivity index (χ0v) is 17.2. The van der Waals surface area contributed by atoms with Gasteiger partial charge in [0.05, 0.1) is 33.6 Å². The topological polar surface area (TPSA) is 57.7 Å². The molecule has 0 radical (unpaired) electrons. The Bertz CT molecular complexity index is 1070. The summed E-state index contributed by atoms with van der Waals surface area (Å²) >= 11 is 12.4. The SMILES string of the molecule is O=C(c1ccc(F)cc1)[C@@H]1[C@@H]2C(=O)N(c3cccc(Cl)c3Cl)C(=O)[C@@H]2[C@H]2CCCN21. The van der Waals surface area contributed by atoms with Crippen molar-refractivity contribution in [2.75, 3.05) is 11.4 Å². The van der Waals surface area contributed by atoms with Gasteiger partial charge >= 0.3 is 0 Å². The molecule has 3 aliphatic rings. The first-order chi connectivity index (χ1) is 14.4. The van der Waals surface area contributed by atoms with E-state index in [4.69, 9.17) is 23.2 Å². The van der Waals surface area contributed by atoms with Crippen molar-refractivity contribution in [2.45, 2.75) is 24.9 Å². The van der Waals surface area contributed by atoms with Crippen LogP contribution in [-0.4, -0.2) is 41.1 Å². The van der Waals surface area contributed by atoms with E-state index >= 15 is 0 Å². The van der Waals surface area contributed by atoms with Crippen molar-refractivity contribution in [3.8, 4) is 0 Å². The number of benzene rings is 2. The Hall–Kier alpha value is -2.28. The molecular formula is C22H17Cl2FN2O3. The number of amides is 2. The van der Waals surface area contributed by atoms with Crippen molar-refractivity contribution in [1.82, 2.24) is 4.90 Å². The summed E-state index contributed by atoms with van der Waals surface area (Å²) in [5.74, 6) is -2.90. The van der Waals surface area contributed by atoms with E-state index in [1.165, 1.54) is 24.3 Å². The molecule has 3 fully saturated rings. The molecule has 154 valence electrons. The third-order valence-electron chi connectivity index (χ3n) is 6.42. The first-order valence-corrected chi connectivity index (χ1v) is 10.5. The van der Waals surface area contributed by atoms with E-state index in [1.54, 1.807) is 18.2 Å². The highest BCUT2D eigenvalue weighted by molar-refractivity contribution is 6.45. The number of nitrogens with zero attached hydrogens (tertiary/aromatic N) is 2. The second kappa shape index (κ2) is 7.15. The smallest absolute Gasteiger partial charge is 0.239 e. The van der Waals surface area contributed by atoms with Gasteiger partial charge in [0, 0.05) is 11.6 Å². The second-order valence-electron chi connectivity index (χ2n) is 7.90. The fraction of sp³-hybridized carbons (Fsp3) is 0.318. The van der Waals surface area contributed by atoms with Gasteiger partial charge in [0.25, 0.3) is 0 Å². The van der Waals surface area contributed by atoms with Crippen LogP contribution in [0.3, 0.4) is 0 Å². The fourth-order valence-corrected chi connectivity index (χ4v) is 5.58. The summed E-state index contributed by atoms with van der Waals surface area (Å²) in [6, 6.07) is 9.14. The number of ketones is 1. The maximum Gasteiger partial charge on any atom is 0.239 e. The highest BCUT2D eigenvalue weighted by Gasteiger charge is 2.64. The van der Waals surface area contributed by atoms with Crippen LogP contribution in [-0.2, 0) is 9.59 Å². The van der Waals surface area contributed by atoms with E-state index in [0.717, 1.165) is 17.7 Å². The van der Waals surface area contributed by atoms with E-state index < -0.39 is 29.6 Å². The number of hydrogen-bond acceptors (Lipinski definition) is 4. The molecule has 0 saturated carbocycles. The third-order valence-corrected chi connectivity index (χ3v) is 7.23. The minimum absolute atomic E-state index is 0.130. The molecule has 4 atom stereocenters. The van der Waals surface area contributed by atoms with Crippen molar-refractivity contribution in [3.63, 3.8) is 0 Å². The predicted octanol–water partition coefficient (Wildman–Crippen LogP) is 3.97. The van der Waals surface area contributed by atoms with Crippen LogP contribution in [0.1, 0.15) is 23.2 Å². The molecule has 5 rings (SSSR count). The lowest BCUT2D eigenvalue weighted by Gasteiger charge is -2.27. The molecule has 0 N–H and O–H groups in total. The number of anilines is 1. The molecule has 2 aromatic rings. The molecule has 8 heteroatoms. The number of halogens is 3. The Morgan fingerprint density at radius 2 is 1.70 bits per heavy atom. The summed E-state index contributed by atoms with van der Waals surface area (Å²) in [6.07, 6.45) is 1.59. The van der Waals surface area contributed by atoms with Gasteiger partial charge in [-0.3, -0.25) is 19.3 Å². The largest absolute Gasteiger partial charge is 0.292 e. The van der Waals surface area contributed by atoms with Crippen LogP contribution in [0.4, 0.5) is 10.1 Å².